The highest BCUT2D eigenvalue weighted by Gasteiger charge is 2.26. The molecule has 0 N–H and O–H groups in total. The van der Waals surface area contributed by atoms with Crippen LogP contribution in [0, 0.1) is 13.8 Å². The van der Waals surface area contributed by atoms with E-state index in [-0.39, 0.29) is 0 Å². The van der Waals surface area contributed by atoms with Crippen molar-refractivity contribution in [2.24, 2.45) is 4.99 Å². The molecule has 27 heavy (non-hydrogen) atoms. The van der Waals surface area contributed by atoms with Gasteiger partial charge in [0, 0.05) is 29.5 Å². The van der Waals surface area contributed by atoms with E-state index in [1.54, 1.807) is 6.08 Å². The third-order valence-electron chi connectivity index (χ3n) is 4.71. The Morgan fingerprint density at radius 2 is 2.07 bits per heavy atom. The molecule has 5 heteroatoms. The maximum absolute atomic E-state index is 6.46. The molecule has 1 fully saturated rings. The Bertz CT molecular complexity index is 703. The lowest BCUT2D eigenvalue weighted by Gasteiger charge is -2.34. The second-order valence-corrected chi connectivity index (χ2v) is 7.40. The molecule has 2 rings (SSSR count). The molecule has 146 valence electrons. The van der Waals surface area contributed by atoms with Gasteiger partial charge >= 0.3 is 0 Å². The highest BCUT2D eigenvalue weighted by molar-refractivity contribution is 6.19. The van der Waals surface area contributed by atoms with Crippen LogP contribution in [0.4, 0.5) is 0 Å². The minimum Gasteiger partial charge on any atom is -0.338 e. The van der Waals surface area contributed by atoms with Crippen molar-refractivity contribution in [3.63, 3.8) is 0 Å². The number of aryl methyl sites for hydroxylation is 2. The quantitative estimate of drug-likeness (QED) is 0.234. The molecule has 1 aromatic rings. The molecule has 1 aliphatic heterocycles. The summed E-state index contributed by atoms with van der Waals surface area (Å²) in [4.78, 5) is 13.9. The molecule has 0 amide bonds. The van der Waals surface area contributed by atoms with Gasteiger partial charge in [-0.15, -0.1) is 11.6 Å². The van der Waals surface area contributed by atoms with E-state index >= 15 is 0 Å². The van der Waals surface area contributed by atoms with Gasteiger partial charge in [-0.25, -0.2) is 4.99 Å². The average molecular weight is 387 g/mol. The fourth-order valence-electron chi connectivity index (χ4n) is 3.50. The molecule has 2 heterocycles. The van der Waals surface area contributed by atoms with Crippen molar-refractivity contribution in [3.8, 4) is 0 Å². The van der Waals surface area contributed by atoms with Crippen molar-refractivity contribution < 1.29 is 0 Å². The summed E-state index contributed by atoms with van der Waals surface area (Å²) in [6.45, 7) is 13.9. The molecule has 1 atom stereocenters. The third kappa shape index (κ3) is 6.33. The lowest BCUT2D eigenvalue weighted by Crippen LogP contribution is -2.45. The maximum Gasteiger partial charge on any atom is 0.137 e. The van der Waals surface area contributed by atoms with Gasteiger partial charge in [-0.1, -0.05) is 31.7 Å². The second-order valence-electron chi connectivity index (χ2n) is 7.16. The number of aliphatic imine (C=N–C) groups is 1. The number of allylic oxidation sites excluding steroid dienone is 3. The molecule has 1 aromatic heterocycles. The molecule has 0 spiro atoms. The molecule has 0 aliphatic carbocycles. The van der Waals surface area contributed by atoms with Crippen LogP contribution in [0.25, 0.3) is 0 Å². The SMILES string of the molecule is C=C/C=C\C(=C)/N=C(/c1cc(C)nc(C)c1)N(CCl)C1CCCCN(C)C1. The smallest absolute Gasteiger partial charge is 0.137 e. The van der Waals surface area contributed by atoms with E-state index in [4.69, 9.17) is 16.6 Å². The van der Waals surface area contributed by atoms with Gasteiger partial charge in [-0.3, -0.25) is 4.98 Å². The van der Waals surface area contributed by atoms with E-state index in [0.29, 0.717) is 17.7 Å². The number of rotatable bonds is 6. The number of amidine groups is 1. The van der Waals surface area contributed by atoms with Crippen LogP contribution in [-0.2, 0) is 0 Å². The molecule has 1 unspecified atom stereocenters. The molecule has 0 aromatic carbocycles. The van der Waals surface area contributed by atoms with Gasteiger partial charge < -0.3 is 9.80 Å². The van der Waals surface area contributed by atoms with Gasteiger partial charge in [-0.05, 0) is 58.5 Å². The Morgan fingerprint density at radius 1 is 1.37 bits per heavy atom. The van der Waals surface area contributed by atoms with Crippen LogP contribution in [0.2, 0.25) is 0 Å². The minimum atomic E-state index is 0.318. The summed E-state index contributed by atoms with van der Waals surface area (Å²) in [6.07, 6.45) is 8.95. The molecule has 4 nitrogen and oxygen atoms in total. The predicted molar refractivity (Wildman–Crippen MR) is 116 cm³/mol. The maximum atomic E-state index is 6.46. The normalized spacial score (nSPS) is 19.1. The topological polar surface area (TPSA) is 31.7 Å². The van der Waals surface area contributed by atoms with Crippen molar-refractivity contribution in [2.45, 2.75) is 39.2 Å². The van der Waals surface area contributed by atoms with Gasteiger partial charge in [0.25, 0.3) is 0 Å². The number of nitrogens with zero attached hydrogens (tertiary/aromatic N) is 4. The van der Waals surface area contributed by atoms with Crippen LogP contribution in [-0.4, -0.2) is 52.8 Å². The molecule has 0 bridgehead atoms. The summed E-state index contributed by atoms with van der Waals surface area (Å²) in [7, 11) is 2.17. The van der Waals surface area contributed by atoms with E-state index in [2.05, 4.69) is 47.1 Å². The van der Waals surface area contributed by atoms with Gasteiger partial charge in [0.15, 0.2) is 0 Å². The van der Waals surface area contributed by atoms with Crippen LogP contribution >= 0.6 is 11.6 Å². The molecule has 1 saturated heterocycles. The fourth-order valence-corrected chi connectivity index (χ4v) is 3.80. The summed E-state index contributed by atoms with van der Waals surface area (Å²) in [5.41, 5.74) is 3.64. The van der Waals surface area contributed by atoms with Crippen molar-refractivity contribution >= 4 is 17.4 Å². The molecule has 1 aliphatic rings. The standard InChI is InChI=1S/C22H31ClN4/c1-6-7-10-17(2)25-22(20-13-18(3)24-19(4)14-20)27(16-23)21-11-8-9-12-26(5)15-21/h6-7,10,13-14,21H,1-2,8-9,11-12,15-16H2,3-5H3/b10-7-,25-22-. The Hall–Kier alpha value is -1.91. The Morgan fingerprint density at radius 3 is 2.70 bits per heavy atom. The van der Waals surface area contributed by atoms with Crippen molar-refractivity contribution in [1.29, 1.82) is 0 Å². The number of halogens is 1. The van der Waals surface area contributed by atoms with Crippen molar-refractivity contribution in [3.05, 3.63) is 66.2 Å². The predicted octanol–water partition coefficient (Wildman–Crippen LogP) is 4.68. The van der Waals surface area contributed by atoms with Crippen LogP contribution in [0.5, 0.6) is 0 Å². The zero-order valence-electron chi connectivity index (χ0n) is 16.8. The highest BCUT2D eigenvalue weighted by atomic mass is 35.5. The minimum absolute atomic E-state index is 0.318. The lowest BCUT2D eigenvalue weighted by molar-refractivity contribution is 0.251. The van der Waals surface area contributed by atoms with Crippen LogP contribution in [0.1, 0.15) is 36.2 Å². The summed E-state index contributed by atoms with van der Waals surface area (Å²) in [5, 5.41) is 0. The third-order valence-corrected chi connectivity index (χ3v) is 4.96. The second kappa shape index (κ2) is 10.4. The molecular formula is C22H31ClN4. The van der Waals surface area contributed by atoms with Crippen LogP contribution in [0.3, 0.4) is 0 Å². The Kier molecular flexibility index (Phi) is 8.26. The number of pyridine rings is 1. The largest absolute Gasteiger partial charge is 0.338 e. The number of alkyl halides is 1. The van der Waals surface area contributed by atoms with Crippen molar-refractivity contribution in [1.82, 2.24) is 14.8 Å². The first-order chi connectivity index (χ1) is 12.9. The lowest BCUT2D eigenvalue weighted by atomic mass is 10.1. The summed E-state index contributed by atoms with van der Waals surface area (Å²) >= 11 is 6.46. The Balaban J connectivity index is 2.48. The monoisotopic (exact) mass is 386 g/mol. The summed E-state index contributed by atoms with van der Waals surface area (Å²) in [5.74, 6) is 0.859. The van der Waals surface area contributed by atoms with E-state index in [0.717, 1.165) is 42.3 Å². The first-order valence-electron chi connectivity index (χ1n) is 9.48. The first-order valence-corrected chi connectivity index (χ1v) is 10.0. The highest BCUT2D eigenvalue weighted by Crippen LogP contribution is 2.21. The number of hydrogen-bond acceptors (Lipinski definition) is 3. The molecule has 0 saturated carbocycles. The van der Waals surface area contributed by atoms with E-state index < -0.39 is 0 Å². The van der Waals surface area contributed by atoms with Crippen LogP contribution < -0.4 is 0 Å². The average Bonchev–Trinajstić information content (AvgIpc) is 2.83. The fraction of sp³-hybridized carbons (Fsp3) is 0.455. The number of hydrogen-bond donors (Lipinski definition) is 0. The van der Waals surface area contributed by atoms with Gasteiger partial charge in [-0.2, -0.15) is 0 Å². The molecule has 0 radical (unpaired) electrons. The number of likely N-dealkylation sites (N-methyl/N-ethyl adjacent to an activating group) is 1. The summed E-state index contributed by atoms with van der Waals surface area (Å²) < 4.78 is 0. The van der Waals surface area contributed by atoms with Crippen molar-refractivity contribution in [2.75, 3.05) is 26.1 Å². The van der Waals surface area contributed by atoms with Gasteiger partial charge in [0.2, 0.25) is 0 Å². The van der Waals surface area contributed by atoms with E-state index in [1.807, 2.05) is 26.0 Å². The van der Waals surface area contributed by atoms with Crippen LogP contribution in [0.15, 0.2) is 54.2 Å². The first kappa shape index (κ1) is 21.4. The number of likely N-dealkylation sites (tertiary alicyclic amines) is 1. The number of aromatic nitrogens is 1. The van der Waals surface area contributed by atoms with Gasteiger partial charge in [0.1, 0.15) is 5.84 Å². The Labute approximate surface area is 168 Å². The zero-order valence-corrected chi connectivity index (χ0v) is 17.5. The van der Waals surface area contributed by atoms with E-state index in [9.17, 15) is 0 Å². The van der Waals surface area contributed by atoms with Gasteiger partial charge in [0.05, 0.1) is 11.7 Å². The van der Waals surface area contributed by atoms with E-state index in [1.165, 1.54) is 12.8 Å². The summed E-state index contributed by atoms with van der Waals surface area (Å²) in [6, 6.07) is 4.83. The molecular weight excluding hydrogens is 356 g/mol. The zero-order chi connectivity index (χ0) is 19.8.